The second-order valence-corrected chi connectivity index (χ2v) is 4.10. The van der Waals surface area contributed by atoms with Crippen molar-refractivity contribution in [2.24, 2.45) is 5.41 Å². The van der Waals surface area contributed by atoms with E-state index in [-0.39, 0.29) is 0 Å². The zero-order valence-corrected chi connectivity index (χ0v) is 6.69. The summed E-state index contributed by atoms with van der Waals surface area (Å²) in [6, 6.07) is 0. The van der Waals surface area contributed by atoms with E-state index < -0.39 is 0 Å². The van der Waals surface area contributed by atoms with E-state index in [2.05, 4.69) is 18.5 Å². The molecule has 0 bridgehead atoms. The van der Waals surface area contributed by atoms with Crippen molar-refractivity contribution >= 4 is 0 Å². The standard InChI is InChI=1S/C9H15N/c1-8-3-4-9(5-8)6-10(2)7-9/h1,3-7H2,2H3. The average molecular weight is 137 g/mol. The lowest BCUT2D eigenvalue weighted by atomic mass is 9.78. The first-order valence-electron chi connectivity index (χ1n) is 4.05. The zero-order valence-electron chi connectivity index (χ0n) is 6.69. The van der Waals surface area contributed by atoms with Crippen LogP contribution in [0.2, 0.25) is 0 Å². The van der Waals surface area contributed by atoms with Crippen LogP contribution in [-0.4, -0.2) is 25.0 Å². The van der Waals surface area contributed by atoms with Gasteiger partial charge in [0.1, 0.15) is 0 Å². The Morgan fingerprint density at radius 3 is 2.60 bits per heavy atom. The summed E-state index contributed by atoms with van der Waals surface area (Å²) in [5.41, 5.74) is 2.17. The maximum atomic E-state index is 4.04. The van der Waals surface area contributed by atoms with Crippen molar-refractivity contribution in [2.45, 2.75) is 19.3 Å². The molecule has 0 aromatic carbocycles. The van der Waals surface area contributed by atoms with Gasteiger partial charge in [-0.15, -0.1) is 0 Å². The van der Waals surface area contributed by atoms with E-state index >= 15 is 0 Å². The molecule has 1 saturated carbocycles. The smallest absolute Gasteiger partial charge is 0.00506 e. The molecule has 1 nitrogen and oxygen atoms in total. The molecular weight excluding hydrogens is 122 g/mol. The van der Waals surface area contributed by atoms with Crippen LogP contribution in [-0.2, 0) is 0 Å². The molecule has 0 atom stereocenters. The van der Waals surface area contributed by atoms with E-state index in [9.17, 15) is 0 Å². The van der Waals surface area contributed by atoms with Crippen LogP contribution in [0.5, 0.6) is 0 Å². The monoisotopic (exact) mass is 137 g/mol. The highest BCUT2D eigenvalue weighted by molar-refractivity contribution is 5.12. The minimum absolute atomic E-state index is 0.686. The van der Waals surface area contributed by atoms with Crippen molar-refractivity contribution < 1.29 is 0 Å². The Morgan fingerprint density at radius 1 is 1.50 bits per heavy atom. The fourth-order valence-corrected chi connectivity index (χ4v) is 2.52. The van der Waals surface area contributed by atoms with Gasteiger partial charge in [-0.05, 0) is 31.7 Å². The Morgan fingerprint density at radius 2 is 2.20 bits per heavy atom. The average Bonchev–Trinajstić information content (AvgIpc) is 2.10. The lowest BCUT2D eigenvalue weighted by molar-refractivity contribution is 0.0315. The Kier molecular flexibility index (Phi) is 1.19. The highest BCUT2D eigenvalue weighted by Crippen LogP contribution is 2.46. The van der Waals surface area contributed by atoms with Crippen LogP contribution in [0.25, 0.3) is 0 Å². The van der Waals surface area contributed by atoms with E-state index in [0.29, 0.717) is 5.41 Å². The van der Waals surface area contributed by atoms with E-state index in [1.165, 1.54) is 37.9 Å². The molecule has 1 heteroatoms. The minimum Gasteiger partial charge on any atom is -0.305 e. The summed E-state index contributed by atoms with van der Waals surface area (Å²) in [5, 5.41) is 0. The Balaban J connectivity index is 2.01. The molecule has 0 N–H and O–H groups in total. The summed E-state index contributed by atoms with van der Waals surface area (Å²) in [6.07, 6.45) is 3.99. The Labute approximate surface area is 62.7 Å². The highest BCUT2D eigenvalue weighted by Gasteiger charge is 2.43. The van der Waals surface area contributed by atoms with Gasteiger partial charge in [0.2, 0.25) is 0 Å². The molecule has 2 rings (SSSR count). The summed E-state index contributed by atoms with van der Waals surface area (Å²) in [6.45, 7) is 6.66. The van der Waals surface area contributed by atoms with Gasteiger partial charge in [0, 0.05) is 13.1 Å². The summed E-state index contributed by atoms with van der Waals surface area (Å²) < 4.78 is 0. The third kappa shape index (κ3) is 0.807. The van der Waals surface area contributed by atoms with Crippen molar-refractivity contribution in [1.29, 1.82) is 0 Å². The minimum atomic E-state index is 0.686. The normalized spacial score (nSPS) is 31.1. The number of nitrogens with zero attached hydrogens (tertiary/aromatic N) is 1. The first-order chi connectivity index (χ1) is 4.70. The van der Waals surface area contributed by atoms with Gasteiger partial charge in [-0.3, -0.25) is 0 Å². The first-order valence-corrected chi connectivity index (χ1v) is 4.05. The fraction of sp³-hybridized carbons (Fsp3) is 0.778. The van der Waals surface area contributed by atoms with Crippen LogP contribution in [0.4, 0.5) is 0 Å². The van der Waals surface area contributed by atoms with Crippen LogP contribution in [0.1, 0.15) is 19.3 Å². The van der Waals surface area contributed by atoms with Crippen LogP contribution in [0.3, 0.4) is 0 Å². The molecule has 1 aliphatic carbocycles. The second-order valence-electron chi connectivity index (χ2n) is 4.10. The lowest BCUT2D eigenvalue weighted by Crippen LogP contribution is -2.52. The second kappa shape index (κ2) is 1.85. The van der Waals surface area contributed by atoms with Crippen LogP contribution in [0.15, 0.2) is 12.2 Å². The number of hydrogen-bond donors (Lipinski definition) is 0. The third-order valence-corrected chi connectivity index (χ3v) is 2.84. The molecule has 56 valence electrons. The molecule has 1 spiro atoms. The maximum absolute atomic E-state index is 4.04. The van der Waals surface area contributed by atoms with Gasteiger partial charge in [0.15, 0.2) is 0 Å². The number of allylic oxidation sites excluding steroid dienone is 1. The number of rotatable bonds is 0. The Hall–Kier alpha value is -0.300. The quantitative estimate of drug-likeness (QED) is 0.459. The van der Waals surface area contributed by atoms with Crippen LogP contribution >= 0.6 is 0 Å². The molecule has 10 heavy (non-hydrogen) atoms. The molecular formula is C9H15N. The summed E-state index contributed by atoms with van der Waals surface area (Å²) >= 11 is 0. The molecule has 0 aromatic rings. The molecule has 0 radical (unpaired) electrons. The Bertz CT molecular complexity index is 166. The summed E-state index contributed by atoms with van der Waals surface area (Å²) in [7, 11) is 2.20. The van der Waals surface area contributed by atoms with E-state index in [1.807, 2.05) is 0 Å². The van der Waals surface area contributed by atoms with E-state index in [4.69, 9.17) is 0 Å². The fourth-order valence-electron chi connectivity index (χ4n) is 2.52. The molecule has 1 heterocycles. The highest BCUT2D eigenvalue weighted by atomic mass is 15.2. The van der Waals surface area contributed by atoms with Gasteiger partial charge in [0.05, 0.1) is 0 Å². The molecule has 1 saturated heterocycles. The molecule has 2 fully saturated rings. The molecule has 0 aromatic heterocycles. The van der Waals surface area contributed by atoms with Crippen molar-refractivity contribution in [3.05, 3.63) is 12.2 Å². The van der Waals surface area contributed by atoms with E-state index in [0.717, 1.165) is 0 Å². The van der Waals surface area contributed by atoms with Crippen LogP contribution in [0, 0.1) is 5.41 Å². The van der Waals surface area contributed by atoms with Gasteiger partial charge in [-0.1, -0.05) is 12.2 Å². The van der Waals surface area contributed by atoms with Crippen molar-refractivity contribution in [3.63, 3.8) is 0 Å². The van der Waals surface area contributed by atoms with Gasteiger partial charge in [-0.2, -0.15) is 0 Å². The predicted octanol–water partition coefficient (Wildman–Crippen LogP) is 1.66. The molecule has 2 aliphatic rings. The topological polar surface area (TPSA) is 3.24 Å². The van der Waals surface area contributed by atoms with Gasteiger partial charge in [0.25, 0.3) is 0 Å². The SMILES string of the molecule is C=C1CCC2(C1)CN(C)C2. The van der Waals surface area contributed by atoms with Gasteiger partial charge < -0.3 is 4.90 Å². The molecule has 0 amide bonds. The lowest BCUT2D eigenvalue weighted by Gasteiger charge is -2.46. The third-order valence-electron chi connectivity index (χ3n) is 2.84. The summed E-state index contributed by atoms with van der Waals surface area (Å²) in [5.74, 6) is 0. The predicted molar refractivity (Wildman–Crippen MR) is 42.9 cm³/mol. The number of hydrogen-bond acceptors (Lipinski definition) is 1. The van der Waals surface area contributed by atoms with E-state index in [1.54, 1.807) is 0 Å². The number of likely N-dealkylation sites (tertiary alicyclic amines) is 1. The van der Waals surface area contributed by atoms with Crippen LogP contribution < -0.4 is 0 Å². The van der Waals surface area contributed by atoms with Gasteiger partial charge in [-0.25, -0.2) is 0 Å². The van der Waals surface area contributed by atoms with Crippen molar-refractivity contribution in [2.75, 3.05) is 20.1 Å². The first kappa shape index (κ1) is 6.41. The summed E-state index contributed by atoms with van der Waals surface area (Å²) in [4.78, 5) is 2.40. The van der Waals surface area contributed by atoms with Gasteiger partial charge >= 0.3 is 0 Å². The van der Waals surface area contributed by atoms with Crippen molar-refractivity contribution in [1.82, 2.24) is 4.90 Å². The van der Waals surface area contributed by atoms with Crippen molar-refractivity contribution in [3.8, 4) is 0 Å². The molecule has 0 unspecified atom stereocenters. The molecule has 1 aliphatic heterocycles. The largest absolute Gasteiger partial charge is 0.305 e. The zero-order chi connectivity index (χ0) is 7.19. The maximum Gasteiger partial charge on any atom is 0.00506 e.